The van der Waals surface area contributed by atoms with Gasteiger partial charge in [0.25, 0.3) is 11.8 Å². The van der Waals surface area contributed by atoms with E-state index in [4.69, 9.17) is 4.74 Å². The summed E-state index contributed by atoms with van der Waals surface area (Å²) in [7, 11) is -3.82. The first-order valence-electron chi connectivity index (χ1n) is 11.8. The quantitative estimate of drug-likeness (QED) is 0.499. The first kappa shape index (κ1) is 25.2. The van der Waals surface area contributed by atoms with Crippen LogP contribution in [0.25, 0.3) is 0 Å². The van der Waals surface area contributed by atoms with Gasteiger partial charge in [0, 0.05) is 13.1 Å². The number of para-hydroxylation sites is 3. The van der Waals surface area contributed by atoms with E-state index in [-0.39, 0.29) is 18.2 Å². The molecule has 8 nitrogen and oxygen atoms in total. The number of nitrogens with one attached hydrogen (secondary N) is 1. The predicted molar refractivity (Wildman–Crippen MR) is 140 cm³/mol. The highest BCUT2D eigenvalue weighted by Gasteiger charge is 2.37. The van der Waals surface area contributed by atoms with Gasteiger partial charge in [0.15, 0.2) is 6.10 Å². The molecule has 1 aliphatic heterocycles. The van der Waals surface area contributed by atoms with Crippen LogP contribution in [0.4, 0.5) is 11.4 Å². The molecule has 0 bridgehead atoms. The average molecular weight is 508 g/mol. The van der Waals surface area contributed by atoms with Gasteiger partial charge in [-0.3, -0.25) is 13.9 Å². The number of carbonyl (C=O) groups is 2. The van der Waals surface area contributed by atoms with Gasteiger partial charge in [-0.25, -0.2) is 8.42 Å². The van der Waals surface area contributed by atoms with E-state index in [0.29, 0.717) is 41.3 Å². The minimum atomic E-state index is -3.82. The molecule has 1 unspecified atom stereocenters. The molecule has 9 heteroatoms. The fraction of sp³-hybridized carbons (Fsp3) is 0.259. The Labute approximate surface area is 211 Å². The molecule has 188 valence electrons. The van der Waals surface area contributed by atoms with E-state index in [1.807, 2.05) is 19.9 Å². The molecule has 4 rings (SSSR count). The van der Waals surface area contributed by atoms with Gasteiger partial charge < -0.3 is 15.0 Å². The van der Waals surface area contributed by atoms with Gasteiger partial charge in [0.2, 0.25) is 10.0 Å². The highest BCUT2D eigenvalue weighted by molar-refractivity contribution is 7.92. The van der Waals surface area contributed by atoms with Crippen LogP contribution in [0.2, 0.25) is 0 Å². The van der Waals surface area contributed by atoms with Gasteiger partial charge in [-0.05, 0) is 43.7 Å². The van der Waals surface area contributed by atoms with Crippen molar-refractivity contribution < 1.29 is 22.7 Å². The van der Waals surface area contributed by atoms with Crippen molar-refractivity contribution >= 4 is 33.2 Å². The number of benzene rings is 3. The van der Waals surface area contributed by atoms with Gasteiger partial charge >= 0.3 is 0 Å². The van der Waals surface area contributed by atoms with Gasteiger partial charge in [0.1, 0.15) is 5.75 Å². The normalized spacial score (nSPS) is 14.9. The third-order valence-corrected chi connectivity index (χ3v) is 7.74. The van der Waals surface area contributed by atoms with E-state index in [0.717, 1.165) is 0 Å². The van der Waals surface area contributed by atoms with Crippen LogP contribution in [-0.4, -0.2) is 50.9 Å². The van der Waals surface area contributed by atoms with E-state index >= 15 is 0 Å². The molecule has 0 aromatic heterocycles. The molecule has 0 radical (unpaired) electrons. The molecule has 0 spiro atoms. The maximum atomic E-state index is 13.4. The standard InChI is InChI=1S/C27H29N3O5S/c1-3-29(4-2)27(32)21-14-8-9-15-22(21)28-26(31)25-18-30(23-16-10-11-17-24(23)35-25)36(33,34)19-20-12-6-5-7-13-20/h5-17,25H,3-4,18-19H2,1-2H3,(H,28,31). The molecule has 3 aromatic carbocycles. The van der Waals surface area contributed by atoms with Crippen molar-refractivity contribution in [2.75, 3.05) is 29.3 Å². The summed E-state index contributed by atoms with van der Waals surface area (Å²) in [4.78, 5) is 27.9. The summed E-state index contributed by atoms with van der Waals surface area (Å²) in [5.41, 5.74) is 1.74. The van der Waals surface area contributed by atoms with Crippen LogP contribution in [0.15, 0.2) is 78.9 Å². The van der Waals surface area contributed by atoms with Crippen LogP contribution >= 0.6 is 0 Å². The molecular weight excluding hydrogens is 478 g/mol. The number of anilines is 2. The molecule has 1 aliphatic rings. The topological polar surface area (TPSA) is 96.0 Å². The Morgan fingerprint density at radius 2 is 1.58 bits per heavy atom. The fourth-order valence-corrected chi connectivity index (χ4v) is 5.72. The highest BCUT2D eigenvalue weighted by atomic mass is 32.2. The first-order chi connectivity index (χ1) is 17.3. The lowest BCUT2D eigenvalue weighted by Crippen LogP contribution is -2.49. The van der Waals surface area contributed by atoms with Gasteiger partial charge in [0.05, 0.1) is 29.2 Å². The Morgan fingerprint density at radius 3 is 2.31 bits per heavy atom. The van der Waals surface area contributed by atoms with Crippen molar-refractivity contribution in [2.45, 2.75) is 25.7 Å². The second-order valence-corrected chi connectivity index (χ2v) is 10.3. The van der Waals surface area contributed by atoms with Crippen molar-refractivity contribution in [3.05, 3.63) is 90.0 Å². The number of ether oxygens (including phenoxy) is 1. The highest BCUT2D eigenvalue weighted by Crippen LogP contribution is 2.36. The number of carbonyl (C=O) groups excluding carboxylic acids is 2. The maximum absolute atomic E-state index is 13.4. The van der Waals surface area contributed by atoms with Crippen LogP contribution in [0.5, 0.6) is 5.75 Å². The Kier molecular flexibility index (Phi) is 7.59. The summed E-state index contributed by atoms with van der Waals surface area (Å²) < 4.78 is 34.0. The summed E-state index contributed by atoms with van der Waals surface area (Å²) in [5.74, 6) is -0.646. The lowest BCUT2D eigenvalue weighted by atomic mass is 10.1. The Balaban J connectivity index is 1.60. The summed E-state index contributed by atoms with van der Waals surface area (Å²) in [6.45, 7) is 4.66. The lowest BCUT2D eigenvalue weighted by molar-refractivity contribution is -0.122. The number of amides is 2. The molecule has 0 saturated heterocycles. The molecule has 0 fully saturated rings. The van der Waals surface area contributed by atoms with Crippen molar-refractivity contribution in [1.82, 2.24) is 4.90 Å². The van der Waals surface area contributed by atoms with Crippen molar-refractivity contribution in [2.24, 2.45) is 0 Å². The Bertz CT molecular complexity index is 1340. The van der Waals surface area contributed by atoms with Crippen LogP contribution < -0.4 is 14.4 Å². The van der Waals surface area contributed by atoms with Crippen LogP contribution in [-0.2, 0) is 20.6 Å². The number of hydrogen-bond donors (Lipinski definition) is 1. The van der Waals surface area contributed by atoms with Crippen molar-refractivity contribution in [3.8, 4) is 5.75 Å². The average Bonchev–Trinajstić information content (AvgIpc) is 2.89. The predicted octanol–water partition coefficient (Wildman–Crippen LogP) is 3.90. The number of rotatable bonds is 8. The van der Waals surface area contributed by atoms with Crippen LogP contribution in [0.3, 0.4) is 0 Å². The molecular formula is C27H29N3O5S. The lowest BCUT2D eigenvalue weighted by Gasteiger charge is -2.34. The second kappa shape index (κ2) is 10.8. The molecule has 1 heterocycles. The summed E-state index contributed by atoms with van der Waals surface area (Å²) in [5, 5.41) is 2.78. The van der Waals surface area contributed by atoms with E-state index in [1.54, 1.807) is 77.7 Å². The molecule has 1 atom stereocenters. The Morgan fingerprint density at radius 1 is 0.944 bits per heavy atom. The molecule has 1 N–H and O–H groups in total. The van der Waals surface area contributed by atoms with E-state index < -0.39 is 22.0 Å². The number of fused-ring (bicyclic) bond motifs is 1. The first-order valence-corrected chi connectivity index (χ1v) is 13.4. The van der Waals surface area contributed by atoms with Gasteiger partial charge in [-0.2, -0.15) is 0 Å². The van der Waals surface area contributed by atoms with E-state index in [1.165, 1.54) is 4.31 Å². The molecule has 0 saturated carbocycles. The van der Waals surface area contributed by atoms with Crippen molar-refractivity contribution in [3.63, 3.8) is 0 Å². The minimum absolute atomic E-state index is 0.190. The largest absolute Gasteiger partial charge is 0.476 e. The molecule has 3 aromatic rings. The minimum Gasteiger partial charge on any atom is -0.476 e. The number of sulfonamides is 1. The van der Waals surface area contributed by atoms with Gasteiger partial charge in [-0.1, -0.05) is 54.6 Å². The molecule has 2 amide bonds. The van der Waals surface area contributed by atoms with Crippen LogP contribution in [0.1, 0.15) is 29.8 Å². The zero-order valence-corrected chi connectivity index (χ0v) is 21.1. The van der Waals surface area contributed by atoms with E-state index in [9.17, 15) is 18.0 Å². The fourth-order valence-electron chi connectivity index (χ4n) is 4.14. The zero-order valence-electron chi connectivity index (χ0n) is 20.3. The van der Waals surface area contributed by atoms with Crippen molar-refractivity contribution in [1.29, 1.82) is 0 Å². The smallest absolute Gasteiger partial charge is 0.267 e. The third-order valence-electron chi connectivity index (χ3n) is 6.02. The Hall–Kier alpha value is -3.85. The second-order valence-electron chi connectivity index (χ2n) is 8.36. The summed E-state index contributed by atoms with van der Waals surface area (Å²) in [6.07, 6.45) is -1.11. The molecule has 0 aliphatic carbocycles. The summed E-state index contributed by atoms with van der Waals surface area (Å²) >= 11 is 0. The van der Waals surface area contributed by atoms with Crippen LogP contribution in [0, 0.1) is 0 Å². The SMILES string of the molecule is CCN(CC)C(=O)c1ccccc1NC(=O)C1CN(S(=O)(=O)Cc2ccccc2)c2ccccc2O1. The number of nitrogens with zero attached hydrogens (tertiary/aromatic N) is 2. The zero-order chi connectivity index (χ0) is 25.7. The molecule has 36 heavy (non-hydrogen) atoms. The maximum Gasteiger partial charge on any atom is 0.267 e. The third kappa shape index (κ3) is 5.36. The summed E-state index contributed by atoms with van der Waals surface area (Å²) in [6, 6.07) is 22.4. The van der Waals surface area contributed by atoms with Gasteiger partial charge in [-0.15, -0.1) is 0 Å². The monoisotopic (exact) mass is 507 g/mol. The van der Waals surface area contributed by atoms with E-state index in [2.05, 4.69) is 5.32 Å². The number of hydrogen-bond acceptors (Lipinski definition) is 5.